The fraction of sp³-hybridized carbons (Fsp3) is 0.0714. The van der Waals surface area contributed by atoms with Crippen LogP contribution in [-0.2, 0) is 0 Å². The number of fused-ring (bicyclic) bond motifs is 4. The molecule has 0 N–H and O–H groups in total. The molecular formula is C28H20Rf2-2. The Balaban J connectivity index is 0.00000109. The molecule has 0 unspecified atom stereocenters. The van der Waals surface area contributed by atoms with E-state index in [4.69, 9.17) is 0 Å². The molecule has 0 heterocycles. The first-order valence-electron chi connectivity index (χ1n) is 9.95. The number of benzene rings is 4. The van der Waals surface area contributed by atoms with E-state index in [1.807, 2.05) is 0 Å². The van der Waals surface area contributed by atoms with Crippen molar-refractivity contribution in [1.82, 2.24) is 0 Å². The average molecular weight is 890 g/mol. The van der Waals surface area contributed by atoms with Crippen LogP contribution in [0.1, 0.15) is 56.3 Å². The summed E-state index contributed by atoms with van der Waals surface area (Å²) >= 11 is 0. The van der Waals surface area contributed by atoms with Gasteiger partial charge >= 0.3 is 0 Å². The maximum atomic E-state index is 2.34. The summed E-state index contributed by atoms with van der Waals surface area (Å²) in [7, 11) is 0. The molecule has 0 saturated carbocycles. The molecule has 2 aliphatic rings. The molecule has 0 saturated heterocycles. The van der Waals surface area contributed by atoms with Crippen molar-refractivity contribution in [1.29, 1.82) is 0 Å². The molecule has 0 fully saturated rings. The Labute approximate surface area is 166 Å². The van der Waals surface area contributed by atoms with Crippen molar-refractivity contribution in [2.24, 2.45) is 0 Å². The minimum absolute atomic E-state index is 0. The van der Waals surface area contributed by atoms with Gasteiger partial charge in [0, 0.05) is 0 Å². The molecule has 4 aromatic rings. The third-order valence-electron chi connectivity index (χ3n) is 6.28. The first-order valence-corrected chi connectivity index (χ1v) is 9.95. The standard InChI is InChI=1S/C28H20.2Rf/c1-5-13-23-19(9-1)17-20-10-2-6-14-24(20)27(23)28-25-15-7-3-11-21(25)18-22-12-4-8-16-26(22)28;;/h1-18,27-28H;;/q-2;;. The molecule has 0 nitrogen and oxygen atoms in total. The van der Waals surface area contributed by atoms with Crippen LogP contribution in [0.5, 0.6) is 0 Å². The molecule has 0 spiro atoms. The number of hydrogen-bond acceptors (Lipinski definition) is 0. The van der Waals surface area contributed by atoms with Gasteiger partial charge in [-0.15, -0.1) is 81.6 Å². The van der Waals surface area contributed by atoms with Crippen molar-refractivity contribution in [2.45, 2.75) is 11.8 Å². The SMILES string of the molecule is [Rf].[Rf].c1ccc2c(c1)[CH-]c1ccccc1C2C1c2ccccc2[CH-]c2ccccc21. The summed E-state index contributed by atoms with van der Waals surface area (Å²) in [4.78, 5) is 0. The molecule has 2 heteroatoms. The van der Waals surface area contributed by atoms with Crippen LogP contribution in [0, 0.1) is 12.8 Å². The Kier molecular flexibility index (Phi) is 3.99. The number of rotatable bonds is 1. The third kappa shape index (κ3) is 2.38. The summed E-state index contributed by atoms with van der Waals surface area (Å²) < 4.78 is 0. The average Bonchev–Trinajstić information content (AvgIpc) is 2.76. The van der Waals surface area contributed by atoms with Gasteiger partial charge in [0.1, 0.15) is 0 Å². The van der Waals surface area contributed by atoms with Crippen molar-refractivity contribution in [3.05, 3.63) is 154 Å². The van der Waals surface area contributed by atoms with Gasteiger partial charge < -0.3 is 0 Å². The van der Waals surface area contributed by atoms with Gasteiger partial charge in [-0.25, -0.2) is 0 Å². The first kappa shape index (κ1) is 18.0. The third-order valence-corrected chi connectivity index (χ3v) is 6.28. The van der Waals surface area contributed by atoms with Crippen LogP contribution in [0.15, 0.2) is 97.1 Å². The molecule has 30 heavy (non-hydrogen) atoms. The van der Waals surface area contributed by atoms with Crippen molar-refractivity contribution < 1.29 is 0 Å². The Morgan fingerprint density at radius 2 is 0.600 bits per heavy atom. The zero-order valence-corrected chi connectivity index (χ0v) is 29.8. The second-order valence-corrected chi connectivity index (χ2v) is 7.76. The van der Waals surface area contributed by atoms with Gasteiger partial charge in [0.25, 0.3) is 0 Å². The molecule has 0 aromatic heterocycles. The monoisotopic (exact) mass is 890 g/mol. The molecule has 0 radical (unpaired) electrons. The van der Waals surface area contributed by atoms with Crippen LogP contribution in [0.25, 0.3) is 0 Å². The van der Waals surface area contributed by atoms with Gasteiger partial charge in [0.05, 0.1) is 0 Å². The summed E-state index contributed by atoms with van der Waals surface area (Å²) in [6.45, 7) is 0. The van der Waals surface area contributed by atoms with Crippen LogP contribution >= 0.6 is 0 Å². The Hall–Kier alpha value is -5.38. The fourth-order valence-corrected chi connectivity index (χ4v) is 5.09. The van der Waals surface area contributed by atoms with Gasteiger partial charge in [-0.2, -0.15) is 0 Å². The van der Waals surface area contributed by atoms with E-state index in [9.17, 15) is 0 Å². The molecular weight excluding hydrogens is 870 g/mol. The van der Waals surface area contributed by atoms with Crippen LogP contribution in [0.2, 0.25) is 0 Å². The second-order valence-electron chi connectivity index (χ2n) is 7.76. The second kappa shape index (κ2) is 6.65. The van der Waals surface area contributed by atoms with E-state index in [1.165, 1.54) is 44.5 Å². The molecule has 6 rings (SSSR count). The summed E-state index contributed by atoms with van der Waals surface area (Å²) in [6.07, 6.45) is 4.68. The predicted octanol–water partition coefficient (Wildman–Crippen LogP) is 6.48. The van der Waals surface area contributed by atoms with E-state index in [1.54, 1.807) is 0 Å². The molecule has 0 bridgehead atoms. The summed E-state index contributed by atoms with van der Waals surface area (Å²) in [6, 6.07) is 35.6. The molecule has 0 amide bonds. The van der Waals surface area contributed by atoms with E-state index in [2.05, 4.69) is 110 Å². The fourth-order valence-electron chi connectivity index (χ4n) is 5.09. The molecule has 4 aromatic carbocycles. The van der Waals surface area contributed by atoms with Gasteiger partial charge in [-0.1, -0.05) is 72.8 Å². The van der Waals surface area contributed by atoms with Crippen LogP contribution in [0.4, 0.5) is 0 Å². The normalized spacial score (nSPS) is 13.7. The molecule has 138 valence electrons. The van der Waals surface area contributed by atoms with Gasteiger partial charge in [0.15, 0.2) is 0 Å². The van der Waals surface area contributed by atoms with Crippen LogP contribution in [-0.4, -0.2) is 0 Å². The summed E-state index contributed by atoms with van der Waals surface area (Å²) in [5.41, 5.74) is 11.1. The van der Waals surface area contributed by atoms with Gasteiger partial charge in [-0.05, 0) is 11.8 Å². The van der Waals surface area contributed by atoms with Crippen LogP contribution < -0.4 is 0 Å². The zero-order chi connectivity index (χ0) is 18.5. The zero-order valence-electron chi connectivity index (χ0n) is 17.0. The molecule has 0 aliphatic heterocycles. The quantitative estimate of drug-likeness (QED) is 0.192. The Morgan fingerprint density at radius 3 is 0.867 bits per heavy atom. The minimum Gasteiger partial charge on any atom is -0.126 e. The van der Waals surface area contributed by atoms with E-state index in [0.29, 0.717) is 11.8 Å². The Bertz CT molecular complexity index is 1010. The molecule has 0 atom stereocenters. The van der Waals surface area contributed by atoms with Gasteiger partial charge in [-0.3, -0.25) is 0 Å². The van der Waals surface area contributed by atoms with E-state index in [-0.39, 0.29) is 0 Å². The number of hydrogen-bond donors (Lipinski definition) is 0. The summed E-state index contributed by atoms with van der Waals surface area (Å²) in [5.74, 6) is 0.627. The van der Waals surface area contributed by atoms with Gasteiger partial charge in [0.2, 0.25) is 0 Å². The van der Waals surface area contributed by atoms with Crippen molar-refractivity contribution in [3.63, 3.8) is 0 Å². The van der Waals surface area contributed by atoms with Crippen molar-refractivity contribution in [3.8, 4) is 0 Å². The maximum absolute atomic E-state index is 2.34. The van der Waals surface area contributed by atoms with Crippen LogP contribution in [0.3, 0.4) is 0 Å². The Morgan fingerprint density at radius 1 is 0.367 bits per heavy atom. The van der Waals surface area contributed by atoms with E-state index < -0.39 is 0 Å². The minimum atomic E-state index is 0. The topological polar surface area (TPSA) is 0 Å². The summed E-state index contributed by atoms with van der Waals surface area (Å²) in [5, 5.41) is 0. The smallest absolute Gasteiger partial charge is 0 e. The van der Waals surface area contributed by atoms with E-state index in [0.717, 1.165) is 0 Å². The molecule has 2 aliphatic carbocycles. The van der Waals surface area contributed by atoms with E-state index >= 15 is 0 Å². The predicted molar refractivity (Wildman–Crippen MR) is 114 cm³/mol. The first-order chi connectivity index (χ1) is 13.9. The largest absolute Gasteiger partial charge is 0.126 e. The maximum Gasteiger partial charge on any atom is 0 e. The van der Waals surface area contributed by atoms with Crippen molar-refractivity contribution >= 4 is 0 Å². The van der Waals surface area contributed by atoms with Crippen molar-refractivity contribution in [2.75, 3.05) is 0 Å².